The van der Waals surface area contributed by atoms with Gasteiger partial charge in [0, 0.05) is 24.5 Å². The minimum absolute atomic E-state index is 0.545. The van der Waals surface area contributed by atoms with Crippen molar-refractivity contribution in [3.63, 3.8) is 0 Å². The molecule has 0 radical (unpaired) electrons. The molecule has 2 aromatic heterocycles. The van der Waals surface area contributed by atoms with Crippen molar-refractivity contribution in [2.75, 3.05) is 5.88 Å². The van der Waals surface area contributed by atoms with Crippen LogP contribution in [0.3, 0.4) is 0 Å². The lowest BCUT2D eigenvalue weighted by atomic mass is 9.87. The van der Waals surface area contributed by atoms with Crippen molar-refractivity contribution in [3.8, 4) is 0 Å². The number of imidazole rings is 1. The maximum absolute atomic E-state index is 5.96. The molecule has 4 heteroatoms. The van der Waals surface area contributed by atoms with Crippen LogP contribution in [0.1, 0.15) is 50.0 Å². The van der Waals surface area contributed by atoms with Gasteiger partial charge in [-0.2, -0.15) is 0 Å². The summed E-state index contributed by atoms with van der Waals surface area (Å²) in [6.45, 7) is 4.46. The Labute approximate surface area is 125 Å². The van der Waals surface area contributed by atoms with Crippen molar-refractivity contribution in [1.29, 1.82) is 0 Å². The van der Waals surface area contributed by atoms with Gasteiger partial charge in [0.05, 0.1) is 0 Å². The number of fused-ring (bicyclic) bond motifs is 1. The second-order valence-electron chi connectivity index (χ2n) is 6.05. The first kappa shape index (κ1) is 13.9. The van der Waals surface area contributed by atoms with Crippen molar-refractivity contribution in [2.24, 2.45) is 5.92 Å². The molecule has 1 fully saturated rings. The highest BCUT2D eigenvalue weighted by Gasteiger charge is 2.24. The predicted molar refractivity (Wildman–Crippen MR) is 83.4 cm³/mol. The molecule has 0 aliphatic heterocycles. The van der Waals surface area contributed by atoms with Crippen molar-refractivity contribution in [2.45, 2.75) is 52.0 Å². The molecule has 0 N–H and O–H groups in total. The first-order chi connectivity index (χ1) is 9.70. The molecule has 108 valence electrons. The van der Waals surface area contributed by atoms with Gasteiger partial charge in [0.1, 0.15) is 11.3 Å². The summed E-state index contributed by atoms with van der Waals surface area (Å²) in [5, 5.41) is 0. The minimum atomic E-state index is 0.545. The lowest BCUT2D eigenvalue weighted by Crippen LogP contribution is -2.19. The van der Waals surface area contributed by atoms with Gasteiger partial charge in [-0.05, 0) is 50.2 Å². The first-order valence-electron chi connectivity index (χ1n) is 7.59. The fraction of sp³-hybridized carbons (Fsp3) is 0.625. The second kappa shape index (κ2) is 5.72. The van der Waals surface area contributed by atoms with Gasteiger partial charge in [0.15, 0.2) is 5.65 Å². The van der Waals surface area contributed by atoms with Crippen LogP contribution in [0.4, 0.5) is 0 Å². The third-order valence-corrected chi connectivity index (χ3v) is 4.71. The van der Waals surface area contributed by atoms with Crippen LogP contribution in [0.5, 0.6) is 0 Å². The standard InChI is InChI=1S/C16H22ClN3/c1-11-3-5-13(6-4-11)20-14(7-9-17)19-15-12(2)8-10-18-16(15)20/h8,10-11,13H,3-7,9H2,1-2H3. The first-order valence-corrected chi connectivity index (χ1v) is 8.12. The monoisotopic (exact) mass is 291 g/mol. The summed E-state index contributed by atoms with van der Waals surface area (Å²) in [6, 6.07) is 2.58. The van der Waals surface area contributed by atoms with E-state index >= 15 is 0 Å². The molecule has 0 atom stereocenters. The Morgan fingerprint density at radius 2 is 2.05 bits per heavy atom. The smallest absolute Gasteiger partial charge is 0.160 e. The fourth-order valence-corrected chi connectivity index (χ4v) is 3.47. The highest BCUT2D eigenvalue weighted by molar-refractivity contribution is 6.17. The number of aromatic nitrogens is 3. The molecule has 20 heavy (non-hydrogen) atoms. The number of rotatable bonds is 3. The Kier molecular flexibility index (Phi) is 3.97. The molecule has 1 aliphatic carbocycles. The van der Waals surface area contributed by atoms with Crippen LogP contribution in [0.2, 0.25) is 0 Å². The van der Waals surface area contributed by atoms with E-state index in [1.54, 1.807) is 0 Å². The van der Waals surface area contributed by atoms with Gasteiger partial charge in [-0.3, -0.25) is 0 Å². The molecule has 0 unspecified atom stereocenters. The van der Waals surface area contributed by atoms with E-state index in [1.807, 2.05) is 12.3 Å². The van der Waals surface area contributed by atoms with Crippen molar-refractivity contribution in [3.05, 3.63) is 23.7 Å². The topological polar surface area (TPSA) is 30.7 Å². The Hall–Kier alpha value is -1.09. The maximum Gasteiger partial charge on any atom is 0.160 e. The van der Waals surface area contributed by atoms with Crippen LogP contribution < -0.4 is 0 Å². The van der Waals surface area contributed by atoms with E-state index in [1.165, 1.54) is 31.2 Å². The quantitative estimate of drug-likeness (QED) is 0.791. The normalized spacial score (nSPS) is 23.4. The van der Waals surface area contributed by atoms with Crippen LogP contribution in [-0.2, 0) is 6.42 Å². The molecule has 2 aromatic rings. The van der Waals surface area contributed by atoms with Gasteiger partial charge in [0.2, 0.25) is 0 Å². The van der Waals surface area contributed by atoms with Gasteiger partial charge >= 0.3 is 0 Å². The predicted octanol–water partition coefficient (Wildman–Crippen LogP) is 4.27. The molecule has 1 aliphatic rings. The molecule has 0 saturated heterocycles. The summed E-state index contributed by atoms with van der Waals surface area (Å²) in [5.41, 5.74) is 3.30. The summed E-state index contributed by atoms with van der Waals surface area (Å²) in [4.78, 5) is 9.41. The molecule has 0 bridgehead atoms. The third-order valence-electron chi connectivity index (χ3n) is 4.52. The third kappa shape index (κ3) is 2.44. The van der Waals surface area contributed by atoms with E-state index in [-0.39, 0.29) is 0 Å². The van der Waals surface area contributed by atoms with Gasteiger partial charge in [-0.1, -0.05) is 6.92 Å². The zero-order valence-electron chi connectivity index (χ0n) is 12.3. The Morgan fingerprint density at radius 3 is 2.75 bits per heavy atom. The summed E-state index contributed by atoms with van der Waals surface area (Å²) in [5.74, 6) is 2.58. The lowest BCUT2D eigenvalue weighted by Gasteiger charge is -2.28. The highest BCUT2D eigenvalue weighted by Crippen LogP contribution is 2.35. The summed E-state index contributed by atoms with van der Waals surface area (Å²) < 4.78 is 2.37. The summed E-state index contributed by atoms with van der Waals surface area (Å²) in [7, 11) is 0. The zero-order valence-corrected chi connectivity index (χ0v) is 13.0. The number of pyridine rings is 1. The van der Waals surface area contributed by atoms with Gasteiger partial charge in [0.25, 0.3) is 0 Å². The van der Waals surface area contributed by atoms with Gasteiger partial charge in [-0.25, -0.2) is 9.97 Å². The average molecular weight is 292 g/mol. The van der Waals surface area contributed by atoms with Crippen molar-refractivity contribution >= 4 is 22.8 Å². The van der Waals surface area contributed by atoms with Gasteiger partial charge in [-0.15, -0.1) is 11.6 Å². The molecule has 0 amide bonds. The number of hydrogen-bond acceptors (Lipinski definition) is 2. The lowest BCUT2D eigenvalue weighted by molar-refractivity contribution is 0.289. The molecule has 3 rings (SSSR count). The van der Waals surface area contributed by atoms with Crippen LogP contribution in [0, 0.1) is 12.8 Å². The van der Waals surface area contributed by atoms with Crippen LogP contribution in [0.25, 0.3) is 11.2 Å². The largest absolute Gasteiger partial charge is 0.310 e. The summed E-state index contributed by atoms with van der Waals surface area (Å²) >= 11 is 5.96. The van der Waals surface area contributed by atoms with Gasteiger partial charge < -0.3 is 4.57 Å². The molecule has 0 aromatic carbocycles. The molecular weight excluding hydrogens is 270 g/mol. The van der Waals surface area contributed by atoms with E-state index < -0.39 is 0 Å². The van der Waals surface area contributed by atoms with E-state index in [9.17, 15) is 0 Å². The van der Waals surface area contributed by atoms with E-state index in [0.29, 0.717) is 11.9 Å². The van der Waals surface area contributed by atoms with E-state index in [4.69, 9.17) is 16.6 Å². The second-order valence-corrected chi connectivity index (χ2v) is 6.43. The van der Waals surface area contributed by atoms with Crippen LogP contribution >= 0.6 is 11.6 Å². The molecule has 0 spiro atoms. The van der Waals surface area contributed by atoms with E-state index in [0.717, 1.165) is 29.3 Å². The Morgan fingerprint density at radius 1 is 1.30 bits per heavy atom. The SMILES string of the molecule is Cc1ccnc2c1nc(CCCl)n2C1CCC(C)CC1. The minimum Gasteiger partial charge on any atom is -0.310 e. The van der Waals surface area contributed by atoms with E-state index in [2.05, 4.69) is 23.4 Å². The molecular formula is C16H22ClN3. The summed E-state index contributed by atoms with van der Waals surface area (Å²) in [6.07, 6.45) is 7.79. The van der Waals surface area contributed by atoms with Crippen LogP contribution in [-0.4, -0.2) is 20.4 Å². The number of nitrogens with zero attached hydrogens (tertiary/aromatic N) is 3. The number of halogens is 1. The fourth-order valence-electron chi connectivity index (χ4n) is 3.30. The van der Waals surface area contributed by atoms with Crippen molar-refractivity contribution < 1.29 is 0 Å². The number of aryl methyl sites for hydroxylation is 2. The molecule has 3 nitrogen and oxygen atoms in total. The Balaban J connectivity index is 2.07. The molecule has 1 saturated carbocycles. The maximum atomic E-state index is 5.96. The number of alkyl halides is 1. The molecule has 2 heterocycles. The van der Waals surface area contributed by atoms with Crippen LogP contribution in [0.15, 0.2) is 12.3 Å². The Bertz CT molecular complexity index is 597. The van der Waals surface area contributed by atoms with Crippen molar-refractivity contribution in [1.82, 2.24) is 14.5 Å². The zero-order chi connectivity index (χ0) is 14.1. The average Bonchev–Trinajstić information content (AvgIpc) is 2.80. The number of hydrogen-bond donors (Lipinski definition) is 0. The highest BCUT2D eigenvalue weighted by atomic mass is 35.5.